The van der Waals surface area contributed by atoms with E-state index in [-0.39, 0.29) is 47.5 Å². The van der Waals surface area contributed by atoms with Gasteiger partial charge in [-0.1, -0.05) is 30.3 Å². The molecule has 200 valence electrons. The zero-order chi connectivity index (χ0) is 26.7. The fraction of sp³-hybridized carbons (Fsp3) is 0.500. The van der Waals surface area contributed by atoms with Crippen LogP contribution in [0.2, 0.25) is 0 Å². The number of esters is 1. The number of hydrogen-bond acceptors (Lipinski definition) is 7. The van der Waals surface area contributed by atoms with Crippen molar-refractivity contribution < 1.29 is 27.5 Å². The van der Waals surface area contributed by atoms with E-state index in [0.717, 1.165) is 10.8 Å². The molecule has 2 fully saturated rings. The maximum atomic E-state index is 13.6. The van der Waals surface area contributed by atoms with Crippen LogP contribution >= 0.6 is 12.6 Å². The van der Waals surface area contributed by atoms with E-state index < -0.39 is 22.0 Å². The summed E-state index contributed by atoms with van der Waals surface area (Å²) >= 11 is 4.48. The molecule has 0 spiro atoms. The number of benzene rings is 2. The van der Waals surface area contributed by atoms with E-state index in [1.54, 1.807) is 30.0 Å². The van der Waals surface area contributed by atoms with Gasteiger partial charge in [0, 0.05) is 31.9 Å². The van der Waals surface area contributed by atoms with Gasteiger partial charge in [-0.3, -0.25) is 14.4 Å². The van der Waals surface area contributed by atoms with E-state index in [4.69, 9.17) is 4.74 Å². The number of amides is 2. The average Bonchev–Trinajstić information content (AvgIpc) is 3.30. The summed E-state index contributed by atoms with van der Waals surface area (Å²) < 4.78 is 33.4. The monoisotopic (exact) mass is 547 g/mol. The molecule has 0 radical (unpaired) electrons. The SMILES string of the molecule is CCOC(=O)C1CCN(C(=O)CN(C)C(=O)[C@@H]2C[C@@H](S)CN2S(=O)(=O)c2ccc3ccccc3c2)CC1. The first-order valence-corrected chi connectivity index (χ1v) is 14.5. The number of likely N-dealkylation sites (tertiary alicyclic amines) is 1. The minimum atomic E-state index is -3.96. The number of carbonyl (C=O) groups is 3. The molecule has 0 unspecified atom stereocenters. The van der Waals surface area contributed by atoms with Gasteiger partial charge in [0.25, 0.3) is 0 Å². The average molecular weight is 548 g/mol. The minimum Gasteiger partial charge on any atom is -0.466 e. The van der Waals surface area contributed by atoms with Gasteiger partial charge in [-0.2, -0.15) is 16.9 Å². The Morgan fingerprint density at radius 3 is 2.43 bits per heavy atom. The van der Waals surface area contributed by atoms with Gasteiger partial charge in [0.05, 0.1) is 24.0 Å². The van der Waals surface area contributed by atoms with Gasteiger partial charge in [0.15, 0.2) is 0 Å². The third-order valence-corrected chi connectivity index (χ3v) is 9.31. The Balaban J connectivity index is 1.42. The molecule has 2 aliphatic heterocycles. The molecule has 2 heterocycles. The van der Waals surface area contributed by atoms with Gasteiger partial charge < -0.3 is 14.5 Å². The molecular weight excluding hydrogens is 514 g/mol. The standard InChI is InChI=1S/C26H33N3O6S2/c1-3-35-26(32)19-10-12-28(13-11-19)24(30)17-27(2)25(31)23-15-21(36)16-29(23)37(33,34)22-9-8-18-6-4-5-7-20(18)14-22/h4-9,14,19,21,23,36H,3,10-13,15-17H2,1-2H3/t21-,23+/m1/s1. The highest BCUT2D eigenvalue weighted by molar-refractivity contribution is 7.89. The molecule has 2 saturated heterocycles. The zero-order valence-electron chi connectivity index (χ0n) is 21.1. The topological polar surface area (TPSA) is 104 Å². The molecular formula is C26H33N3O6S2. The molecule has 2 amide bonds. The number of thiol groups is 1. The molecule has 4 rings (SSSR count). The van der Waals surface area contributed by atoms with Crippen LogP contribution in [0.15, 0.2) is 47.4 Å². The number of carbonyl (C=O) groups excluding carboxylic acids is 3. The highest BCUT2D eigenvalue weighted by Gasteiger charge is 2.44. The van der Waals surface area contributed by atoms with Crippen molar-refractivity contribution in [2.24, 2.45) is 5.92 Å². The second-order valence-electron chi connectivity index (χ2n) is 9.59. The Labute approximate surface area is 223 Å². The van der Waals surface area contributed by atoms with Gasteiger partial charge in [-0.05, 0) is 49.1 Å². The lowest BCUT2D eigenvalue weighted by Crippen LogP contribution is -2.50. The van der Waals surface area contributed by atoms with E-state index in [2.05, 4.69) is 12.6 Å². The zero-order valence-corrected chi connectivity index (χ0v) is 22.8. The summed E-state index contributed by atoms with van der Waals surface area (Å²) in [5, 5.41) is 1.42. The van der Waals surface area contributed by atoms with E-state index in [1.807, 2.05) is 24.3 Å². The van der Waals surface area contributed by atoms with E-state index >= 15 is 0 Å². The second-order valence-corrected chi connectivity index (χ2v) is 12.2. The van der Waals surface area contributed by atoms with Crippen molar-refractivity contribution in [3.8, 4) is 0 Å². The summed E-state index contributed by atoms with van der Waals surface area (Å²) in [6.07, 6.45) is 1.30. The number of piperidine rings is 1. The van der Waals surface area contributed by atoms with Gasteiger partial charge in [-0.15, -0.1) is 0 Å². The van der Waals surface area contributed by atoms with Gasteiger partial charge in [-0.25, -0.2) is 8.42 Å². The second kappa shape index (κ2) is 11.4. The molecule has 2 aromatic rings. The fourth-order valence-electron chi connectivity index (χ4n) is 5.00. The molecule has 2 atom stereocenters. The van der Waals surface area contributed by atoms with Crippen LogP contribution in [0.1, 0.15) is 26.2 Å². The van der Waals surface area contributed by atoms with Gasteiger partial charge >= 0.3 is 5.97 Å². The smallest absolute Gasteiger partial charge is 0.309 e. The van der Waals surface area contributed by atoms with Crippen molar-refractivity contribution >= 4 is 51.2 Å². The first kappa shape index (κ1) is 27.4. The van der Waals surface area contributed by atoms with Crippen LogP contribution in [0.25, 0.3) is 10.8 Å². The van der Waals surface area contributed by atoms with Crippen molar-refractivity contribution in [1.82, 2.24) is 14.1 Å². The molecule has 0 N–H and O–H groups in total. The van der Waals surface area contributed by atoms with Crippen LogP contribution in [0.3, 0.4) is 0 Å². The summed E-state index contributed by atoms with van der Waals surface area (Å²) in [6.45, 7) is 2.85. The molecule has 0 aromatic heterocycles. The van der Waals surface area contributed by atoms with Crippen LogP contribution in [0.4, 0.5) is 0 Å². The van der Waals surface area contributed by atoms with E-state index in [1.165, 1.54) is 16.3 Å². The van der Waals surface area contributed by atoms with Crippen molar-refractivity contribution in [3.05, 3.63) is 42.5 Å². The van der Waals surface area contributed by atoms with Crippen molar-refractivity contribution in [3.63, 3.8) is 0 Å². The molecule has 0 bridgehead atoms. The number of likely N-dealkylation sites (N-methyl/N-ethyl adjacent to an activating group) is 1. The largest absolute Gasteiger partial charge is 0.466 e. The summed E-state index contributed by atoms with van der Waals surface area (Å²) in [5.74, 6) is -1.13. The molecule has 9 nitrogen and oxygen atoms in total. The van der Waals surface area contributed by atoms with Gasteiger partial charge in [0.1, 0.15) is 6.04 Å². The molecule has 0 aliphatic carbocycles. The quantitative estimate of drug-likeness (QED) is 0.421. The number of fused-ring (bicyclic) bond motifs is 1. The number of rotatable bonds is 7. The summed E-state index contributed by atoms with van der Waals surface area (Å²) in [4.78, 5) is 41.3. The predicted octanol–water partition coefficient (Wildman–Crippen LogP) is 2.16. The highest BCUT2D eigenvalue weighted by Crippen LogP contribution is 2.31. The number of hydrogen-bond donors (Lipinski definition) is 1. The molecule has 0 saturated carbocycles. The fourth-order valence-corrected chi connectivity index (χ4v) is 7.16. The highest BCUT2D eigenvalue weighted by atomic mass is 32.2. The van der Waals surface area contributed by atoms with E-state index in [9.17, 15) is 22.8 Å². The normalized spacial score (nSPS) is 21.2. The van der Waals surface area contributed by atoms with Crippen LogP contribution in [0.5, 0.6) is 0 Å². The lowest BCUT2D eigenvalue weighted by atomic mass is 9.97. The Morgan fingerprint density at radius 1 is 1.08 bits per heavy atom. The third-order valence-electron chi connectivity index (χ3n) is 7.06. The van der Waals surface area contributed by atoms with E-state index in [0.29, 0.717) is 32.5 Å². The Hall–Kier alpha value is -2.63. The lowest BCUT2D eigenvalue weighted by molar-refractivity contribution is -0.151. The Bertz CT molecular complexity index is 1280. The maximum Gasteiger partial charge on any atom is 0.309 e. The minimum absolute atomic E-state index is 0.109. The summed E-state index contributed by atoms with van der Waals surface area (Å²) in [5.41, 5.74) is 0. The third kappa shape index (κ3) is 5.94. The van der Waals surface area contributed by atoms with Crippen molar-refractivity contribution in [2.45, 2.75) is 42.4 Å². The molecule has 2 aliphatic rings. The first-order chi connectivity index (χ1) is 17.6. The molecule has 11 heteroatoms. The van der Waals surface area contributed by atoms with Crippen LogP contribution < -0.4 is 0 Å². The number of nitrogens with zero attached hydrogens (tertiary/aromatic N) is 3. The summed E-state index contributed by atoms with van der Waals surface area (Å²) in [7, 11) is -2.45. The van der Waals surface area contributed by atoms with Crippen LogP contribution in [0, 0.1) is 5.92 Å². The summed E-state index contributed by atoms with van der Waals surface area (Å²) in [6, 6.07) is 11.5. The van der Waals surface area contributed by atoms with Crippen molar-refractivity contribution in [1.29, 1.82) is 0 Å². The molecule has 2 aromatic carbocycles. The van der Waals surface area contributed by atoms with Crippen LogP contribution in [-0.4, -0.2) is 91.4 Å². The number of ether oxygens (including phenoxy) is 1. The lowest BCUT2D eigenvalue weighted by Gasteiger charge is -2.33. The van der Waals surface area contributed by atoms with Crippen LogP contribution in [-0.2, 0) is 29.1 Å². The van der Waals surface area contributed by atoms with Gasteiger partial charge in [0.2, 0.25) is 21.8 Å². The molecule has 37 heavy (non-hydrogen) atoms. The maximum absolute atomic E-state index is 13.6. The van der Waals surface area contributed by atoms with Crippen molar-refractivity contribution in [2.75, 3.05) is 39.8 Å². The number of sulfonamides is 1. The first-order valence-electron chi connectivity index (χ1n) is 12.5. The Morgan fingerprint density at radius 2 is 1.76 bits per heavy atom. The predicted molar refractivity (Wildman–Crippen MR) is 143 cm³/mol. The Kier molecular flexibility index (Phi) is 8.45.